The Balaban J connectivity index is 2.06. The third-order valence-corrected chi connectivity index (χ3v) is 4.86. The Morgan fingerprint density at radius 3 is 2.62 bits per heavy atom. The number of ether oxygens (including phenoxy) is 1. The molecule has 2 rings (SSSR count). The molecule has 5 nitrogen and oxygen atoms in total. The van der Waals surface area contributed by atoms with E-state index in [2.05, 4.69) is 10.3 Å². The summed E-state index contributed by atoms with van der Waals surface area (Å²) in [6, 6.07) is 11.6. The van der Waals surface area contributed by atoms with E-state index in [9.17, 15) is 8.42 Å². The van der Waals surface area contributed by atoms with Gasteiger partial charge in [0.1, 0.15) is 11.6 Å². The Hall–Kier alpha value is -2.08. The lowest BCUT2D eigenvalue weighted by Gasteiger charge is -2.15. The van der Waals surface area contributed by atoms with Gasteiger partial charge in [0, 0.05) is 18.3 Å². The van der Waals surface area contributed by atoms with Crippen LogP contribution in [0.1, 0.15) is 6.92 Å². The number of hydrogen-bond acceptors (Lipinski definition) is 5. The minimum absolute atomic E-state index is 0.00406. The number of methoxy groups -OCH3 is 1. The molecule has 1 unspecified atom stereocenters. The maximum atomic E-state index is 12.3. The highest BCUT2D eigenvalue weighted by Gasteiger charge is 2.18. The van der Waals surface area contributed by atoms with Gasteiger partial charge >= 0.3 is 0 Å². The van der Waals surface area contributed by atoms with Gasteiger partial charge in [-0.1, -0.05) is 18.2 Å². The van der Waals surface area contributed by atoms with Crippen molar-refractivity contribution in [2.24, 2.45) is 0 Å². The van der Waals surface area contributed by atoms with Crippen molar-refractivity contribution in [1.82, 2.24) is 4.98 Å². The molecule has 0 saturated heterocycles. The molecule has 1 heterocycles. The summed E-state index contributed by atoms with van der Waals surface area (Å²) in [7, 11) is -1.75. The van der Waals surface area contributed by atoms with Crippen molar-refractivity contribution in [3.63, 3.8) is 0 Å². The number of pyridine rings is 1. The topological polar surface area (TPSA) is 68.3 Å². The molecule has 0 spiro atoms. The van der Waals surface area contributed by atoms with Crippen LogP contribution in [0.5, 0.6) is 5.75 Å². The Labute approximate surface area is 124 Å². The summed E-state index contributed by atoms with van der Waals surface area (Å²) >= 11 is 0. The Kier molecular flexibility index (Phi) is 4.80. The van der Waals surface area contributed by atoms with E-state index in [0.29, 0.717) is 16.5 Å². The molecule has 0 saturated carbocycles. The third-order valence-electron chi connectivity index (χ3n) is 2.93. The smallest absolute Gasteiger partial charge is 0.180 e. The predicted molar refractivity (Wildman–Crippen MR) is 82.4 cm³/mol. The molecule has 0 aliphatic rings. The van der Waals surface area contributed by atoms with Gasteiger partial charge in [-0.25, -0.2) is 13.4 Å². The molecule has 0 aliphatic carbocycles. The number of anilines is 1. The van der Waals surface area contributed by atoms with E-state index >= 15 is 0 Å². The van der Waals surface area contributed by atoms with Crippen molar-refractivity contribution in [1.29, 1.82) is 0 Å². The van der Waals surface area contributed by atoms with Crippen LogP contribution in [0.2, 0.25) is 0 Å². The van der Waals surface area contributed by atoms with Crippen molar-refractivity contribution in [3.05, 3.63) is 48.7 Å². The number of sulfone groups is 1. The highest BCUT2D eigenvalue weighted by atomic mass is 32.2. The molecule has 1 aromatic heterocycles. The highest BCUT2D eigenvalue weighted by Crippen LogP contribution is 2.16. The predicted octanol–water partition coefficient (Wildman–Crippen LogP) is 2.36. The first kappa shape index (κ1) is 15.3. The number of nitrogens with zero attached hydrogens (tertiary/aromatic N) is 1. The lowest BCUT2D eigenvalue weighted by molar-refractivity contribution is 0.414. The fourth-order valence-corrected chi connectivity index (χ4v) is 3.47. The van der Waals surface area contributed by atoms with Crippen molar-refractivity contribution >= 4 is 15.7 Å². The molecule has 2 aromatic rings. The van der Waals surface area contributed by atoms with Crippen molar-refractivity contribution < 1.29 is 13.2 Å². The molecule has 1 atom stereocenters. The fourth-order valence-electron chi connectivity index (χ4n) is 1.96. The van der Waals surface area contributed by atoms with Gasteiger partial charge in [0.2, 0.25) is 0 Å². The van der Waals surface area contributed by atoms with Gasteiger partial charge < -0.3 is 10.1 Å². The van der Waals surface area contributed by atoms with Crippen molar-refractivity contribution in [3.8, 4) is 5.75 Å². The quantitative estimate of drug-likeness (QED) is 0.887. The maximum absolute atomic E-state index is 12.3. The zero-order chi connectivity index (χ0) is 15.3. The number of aromatic nitrogens is 1. The maximum Gasteiger partial charge on any atom is 0.180 e. The zero-order valence-electron chi connectivity index (χ0n) is 12.0. The van der Waals surface area contributed by atoms with Gasteiger partial charge in [-0.2, -0.15) is 0 Å². The molecule has 0 radical (unpaired) electrons. The van der Waals surface area contributed by atoms with Crippen molar-refractivity contribution in [2.45, 2.75) is 17.9 Å². The summed E-state index contributed by atoms with van der Waals surface area (Å²) in [5.74, 6) is 1.26. The monoisotopic (exact) mass is 306 g/mol. The van der Waals surface area contributed by atoms with E-state index in [4.69, 9.17) is 4.74 Å². The average molecular weight is 306 g/mol. The molecular weight excluding hydrogens is 288 g/mol. The summed E-state index contributed by atoms with van der Waals surface area (Å²) in [4.78, 5) is 4.47. The number of nitrogens with one attached hydrogen (secondary N) is 1. The minimum Gasteiger partial charge on any atom is -0.497 e. The van der Waals surface area contributed by atoms with Crippen LogP contribution in [0.25, 0.3) is 0 Å². The Morgan fingerprint density at radius 1 is 1.24 bits per heavy atom. The van der Waals surface area contributed by atoms with Crippen LogP contribution in [0, 0.1) is 0 Å². The molecule has 0 bridgehead atoms. The summed E-state index contributed by atoms with van der Waals surface area (Å²) in [6.07, 6.45) is 1.61. The zero-order valence-corrected chi connectivity index (χ0v) is 12.8. The molecule has 21 heavy (non-hydrogen) atoms. The van der Waals surface area contributed by atoms with Gasteiger partial charge in [-0.3, -0.25) is 0 Å². The first-order chi connectivity index (χ1) is 10.0. The van der Waals surface area contributed by atoms with E-state index in [1.807, 2.05) is 6.92 Å². The number of rotatable bonds is 6. The molecule has 0 amide bonds. The largest absolute Gasteiger partial charge is 0.497 e. The van der Waals surface area contributed by atoms with Crippen molar-refractivity contribution in [2.75, 3.05) is 18.2 Å². The summed E-state index contributed by atoms with van der Waals surface area (Å²) in [5.41, 5.74) is 0. The Bertz CT molecular complexity index is 687. The van der Waals surface area contributed by atoms with E-state index in [1.165, 1.54) is 0 Å². The fraction of sp³-hybridized carbons (Fsp3) is 0.267. The molecule has 0 aliphatic heterocycles. The summed E-state index contributed by atoms with van der Waals surface area (Å²) in [5, 5.41) is 3.07. The van der Waals surface area contributed by atoms with Crippen LogP contribution < -0.4 is 10.1 Å². The summed E-state index contributed by atoms with van der Waals surface area (Å²) in [6.45, 7) is 1.81. The van der Waals surface area contributed by atoms with Crippen LogP contribution >= 0.6 is 0 Å². The lowest BCUT2D eigenvalue weighted by atomic mass is 10.3. The van der Waals surface area contributed by atoms with E-state index < -0.39 is 9.84 Å². The van der Waals surface area contributed by atoms with E-state index in [-0.39, 0.29) is 11.8 Å². The van der Waals surface area contributed by atoms with Gasteiger partial charge in [0.15, 0.2) is 9.84 Å². The SMILES string of the molecule is COc1ccnc(NC(C)CS(=O)(=O)c2ccccc2)c1. The number of benzene rings is 1. The summed E-state index contributed by atoms with van der Waals surface area (Å²) < 4.78 is 29.7. The second-order valence-electron chi connectivity index (χ2n) is 4.72. The molecule has 0 fully saturated rings. The standard InChI is InChI=1S/C15H18N2O3S/c1-12(17-15-10-13(20-2)8-9-16-15)11-21(18,19)14-6-4-3-5-7-14/h3-10,12H,11H2,1-2H3,(H,16,17). The van der Waals surface area contributed by atoms with Crippen LogP contribution in [0.4, 0.5) is 5.82 Å². The van der Waals surface area contributed by atoms with Crippen LogP contribution in [0.3, 0.4) is 0 Å². The third kappa shape index (κ3) is 4.19. The minimum atomic E-state index is -3.32. The second-order valence-corrected chi connectivity index (χ2v) is 6.75. The molecule has 6 heteroatoms. The highest BCUT2D eigenvalue weighted by molar-refractivity contribution is 7.91. The molecule has 112 valence electrons. The molecular formula is C15H18N2O3S. The van der Waals surface area contributed by atoms with Gasteiger partial charge in [0.25, 0.3) is 0 Å². The first-order valence-electron chi connectivity index (χ1n) is 6.55. The molecule has 1 aromatic carbocycles. The lowest BCUT2D eigenvalue weighted by Crippen LogP contribution is -2.26. The van der Waals surface area contributed by atoms with Crippen LogP contribution in [-0.2, 0) is 9.84 Å². The van der Waals surface area contributed by atoms with Gasteiger partial charge in [-0.15, -0.1) is 0 Å². The van der Waals surface area contributed by atoms with E-state index in [1.54, 1.807) is 55.8 Å². The van der Waals surface area contributed by atoms with Crippen LogP contribution in [0.15, 0.2) is 53.6 Å². The Morgan fingerprint density at radius 2 is 1.95 bits per heavy atom. The second kappa shape index (κ2) is 6.58. The van der Waals surface area contributed by atoms with Crippen LogP contribution in [-0.4, -0.2) is 32.3 Å². The number of hydrogen-bond donors (Lipinski definition) is 1. The van der Waals surface area contributed by atoms with Gasteiger partial charge in [0.05, 0.1) is 17.8 Å². The average Bonchev–Trinajstić information content (AvgIpc) is 2.47. The first-order valence-corrected chi connectivity index (χ1v) is 8.21. The van der Waals surface area contributed by atoms with Gasteiger partial charge in [-0.05, 0) is 25.1 Å². The van der Waals surface area contributed by atoms with E-state index in [0.717, 1.165) is 0 Å². The molecule has 1 N–H and O–H groups in total. The normalized spacial score (nSPS) is 12.7.